The maximum absolute atomic E-state index is 13.7. The van der Waals surface area contributed by atoms with E-state index in [0.29, 0.717) is 12.8 Å². The zero-order valence-electron chi connectivity index (χ0n) is 35.5. The first-order valence-electron chi connectivity index (χ1n) is 22.2. The van der Waals surface area contributed by atoms with Gasteiger partial charge >= 0.3 is 17.6 Å². The predicted molar refractivity (Wildman–Crippen MR) is 217 cm³/mol. The van der Waals surface area contributed by atoms with Crippen LogP contribution in [0.4, 0.5) is 0 Å². The van der Waals surface area contributed by atoms with Crippen molar-refractivity contribution in [2.75, 3.05) is 13.2 Å². The number of H-pyrrole nitrogens is 1. The van der Waals surface area contributed by atoms with Gasteiger partial charge in [0.05, 0.1) is 25.0 Å². The average molecular weight is 827 g/mol. The van der Waals surface area contributed by atoms with Crippen molar-refractivity contribution in [3.05, 3.63) is 33.1 Å². The van der Waals surface area contributed by atoms with Crippen LogP contribution in [0.15, 0.2) is 21.9 Å². The number of aliphatic hydroxyl groups excluding tert-OH is 4. The van der Waals surface area contributed by atoms with E-state index in [4.69, 9.17) is 23.7 Å². The van der Waals surface area contributed by atoms with E-state index in [-0.39, 0.29) is 0 Å². The van der Waals surface area contributed by atoms with Gasteiger partial charge in [-0.3, -0.25) is 23.9 Å². The van der Waals surface area contributed by atoms with Crippen LogP contribution in [-0.2, 0) is 33.3 Å². The molecule has 15 heteroatoms. The van der Waals surface area contributed by atoms with Gasteiger partial charge in [0, 0.05) is 12.3 Å². The summed E-state index contributed by atoms with van der Waals surface area (Å²) in [5.74, 6) is -2.18. The number of aliphatic hydroxyl groups is 4. The highest BCUT2D eigenvalue weighted by atomic mass is 16.7. The number of rotatable bonds is 29. The molecule has 11 atom stereocenters. The predicted octanol–water partition coefficient (Wildman–Crippen LogP) is 5.19. The minimum atomic E-state index is -1.72. The quantitative estimate of drug-likeness (QED) is 0.0520. The minimum absolute atomic E-state index is 0.454. The molecule has 15 nitrogen and oxygen atoms in total. The van der Waals surface area contributed by atoms with Gasteiger partial charge in [0.25, 0.3) is 5.56 Å². The number of carbonyl (C=O) groups is 2. The van der Waals surface area contributed by atoms with Gasteiger partial charge in [0.15, 0.2) is 24.7 Å². The Morgan fingerprint density at radius 1 is 0.690 bits per heavy atom. The van der Waals surface area contributed by atoms with Gasteiger partial charge in [-0.25, -0.2) is 4.79 Å². The van der Waals surface area contributed by atoms with Gasteiger partial charge in [-0.05, 0) is 12.8 Å². The molecule has 2 aliphatic heterocycles. The van der Waals surface area contributed by atoms with Crippen molar-refractivity contribution in [3.63, 3.8) is 0 Å². The Balaban J connectivity index is 1.77. The molecule has 0 saturated carbocycles. The first-order valence-corrected chi connectivity index (χ1v) is 22.2. The fourth-order valence-corrected chi connectivity index (χ4v) is 7.62. The van der Waals surface area contributed by atoms with Crippen LogP contribution in [0.25, 0.3) is 0 Å². The number of aromatic amines is 1. The Morgan fingerprint density at radius 3 is 1.66 bits per heavy atom. The summed E-state index contributed by atoms with van der Waals surface area (Å²) in [4.78, 5) is 54.7. The van der Waals surface area contributed by atoms with Crippen molar-refractivity contribution in [3.8, 4) is 0 Å². The second-order valence-electron chi connectivity index (χ2n) is 16.5. The van der Waals surface area contributed by atoms with E-state index in [2.05, 4.69) is 18.8 Å². The Bertz CT molecular complexity index is 1420. The molecule has 5 N–H and O–H groups in total. The normalized spacial score (nSPS) is 27.0. The molecule has 2 fully saturated rings. The lowest BCUT2D eigenvalue weighted by atomic mass is 9.99. The highest BCUT2D eigenvalue weighted by molar-refractivity contribution is 5.73. The number of hydrogen-bond donors (Lipinski definition) is 5. The lowest BCUT2D eigenvalue weighted by Crippen LogP contribution is -2.59. The molecule has 334 valence electrons. The van der Waals surface area contributed by atoms with Crippen molar-refractivity contribution in [2.24, 2.45) is 11.8 Å². The Hall–Kier alpha value is -2.66. The van der Waals surface area contributed by atoms with E-state index in [9.17, 15) is 39.6 Å². The van der Waals surface area contributed by atoms with Gasteiger partial charge in [-0.1, -0.05) is 143 Å². The Kier molecular flexibility index (Phi) is 23.3. The summed E-state index contributed by atoms with van der Waals surface area (Å²) in [5.41, 5.74) is -1.50. The molecule has 4 unspecified atom stereocenters. The fraction of sp³-hybridized carbons (Fsp3) is 0.860. The first kappa shape index (κ1) is 49.7. The Morgan fingerprint density at radius 2 is 1.17 bits per heavy atom. The molecule has 2 saturated heterocycles. The molecule has 0 bridgehead atoms. The molecule has 1 aromatic rings. The van der Waals surface area contributed by atoms with E-state index in [1.165, 1.54) is 70.4 Å². The molecule has 0 aliphatic carbocycles. The molecular weight excluding hydrogens is 752 g/mol. The smallest absolute Gasteiger partial charge is 0.330 e. The summed E-state index contributed by atoms with van der Waals surface area (Å²) in [5, 5.41) is 40.9. The molecule has 0 radical (unpaired) electrons. The summed E-state index contributed by atoms with van der Waals surface area (Å²) in [6, 6.07) is 1.11. The summed E-state index contributed by atoms with van der Waals surface area (Å²) in [6.07, 6.45) is 9.64. The van der Waals surface area contributed by atoms with E-state index in [1.54, 1.807) is 13.8 Å². The first-order chi connectivity index (χ1) is 27.9. The summed E-state index contributed by atoms with van der Waals surface area (Å²) < 4.78 is 30.8. The van der Waals surface area contributed by atoms with Crippen molar-refractivity contribution in [1.29, 1.82) is 0 Å². The van der Waals surface area contributed by atoms with E-state index in [0.717, 1.165) is 62.0 Å². The maximum Gasteiger partial charge on any atom is 0.330 e. The highest BCUT2D eigenvalue weighted by Crippen LogP contribution is 2.36. The standard InChI is InChI=1S/C43H74N2O13/c1-5-7-9-11-13-15-17-19-21-23-29(3)40(51)57-37-32(28-54-42-36(50)35(49)34(48)31(27-46)56-42)55-39(45-26-25-33(47)44-43(45)53)38(37)58-41(52)30(4)24-22-20-18-16-14-12-10-8-6-2/h25-26,29-32,34-39,42,46,48-50H,5-24,27-28H2,1-4H3,(H,44,47,53)/t29?,30?,31?,32-,34-,35+,36-,37?,38+,39-,42-/m1/s1. The maximum atomic E-state index is 13.7. The molecule has 58 heavy (non-hydrogen) atoms. The number of nitrogens with zero attached hydrogens (tertiary/aromatic N) is 1. The minimum Gasteiger partial charge on any atom is -0.455 e. The van der Waals surface area contributed by atoms with Crippen LogP contribution in [0, 0.1) is 11.8 Å². The molecule has 0 aromatic carbocycles. The third-order valence-corrected chi connectivity index (χ3v) is 11.5. The zero-order valence-corrected chi connectivity index (χ0v) is 35.5. The lowest BCUT2D eigenvalue weighted by Gasteiger charge is -2.40. The number of carbonyl (C=O) groups excluding carboxylic acids is 2. The Labute approximate surface area is 344 Å². The van der Waals surface area contributed by atoms with Crippen molar-refractivity contribution in [1.82, 2.24) is 9.55 Å². The van der Waals surface area contributed by atoms with E-state index in [1.807, 2.05) is 0 Å². The molecule has 0 amide bonds. The van der Waals surface area contributed by atoms with Crippen LogP contribution < -0.4 is 11.2 Å². The fourth-order valence-electron chi connectivity index (χ4n) is 7.62. The molecule has 0 spiro atoms. The van der Waals surface area contributed by atoms with Crippen molar-refractivity contribution < 1.29 is 53.7 Å². The number of nitrogens with one attached hydrogen (secondary N) is 1. The largest absolute Gasteiger partial charge is 0.455 e. The van der Waals surface area contributed by atoms with Crippen LogP contribution >= 0.6 is 0 Å². The number of aromatic nitrogens is 2. The monoisotopic (exact) mass is 827 g/mol. The number of ether oxygens (including phenoxy) is 5. The molecule has 1 aromatic heterocycles. The van der Waals surface area contributed by atoms with Gasteiger partial charge in [0.1, 0.15) is 30.5 Å². The van der Waals surface area contributed by atoms with E-state index >= 15 is 0 Å². The highest BCUT2D eigenvalue weighted by Gasteiger charge is 2.52. The van der Waals surface area contributed by atoms with Crippen LogP contribution in [0.2, 0.25) is 0 Å². The third-order valence-electron chi connectivity index (χ3n) is 11.5. The SMILES string of the molecule is CCCCCCCCCCCC(C)C(=O)OC1[C@@H](CO[C@@H]2OC(CO)[C@@H](O)[C@H](O)[C@H]2O)O[C@@H](n2ccc(=O)[nH]c2=O)[C@H]1OC(=O)C(C)CCCCCCCCCCC. The van der Waals surface area contributed by atoms with Crippen LogP contribution in [-0.4, -0.2) is 104 Å². The summed E-state index contributed by atoms with van der Waals surface area (Å²) in [6.45, 7) is 6.80. The number of unbranched alkanes of at least 4 members (excludes halogenated alkanes) is 16. The molecule has 3 rings (SSSR count). The van der Waals surface area contributed by atoms with Crippen LogP contribution in [0.1, 0.15) is 162 Å². The van der Waals surface area contributed by atoms with Gasteiger partial charge in [0.2, 0.25) is 0 Å². The topological polar surface area (TPSA) is 216 Å². The molecule has 3 heterocycles. The number of hydrogen-bond acceptors (Lipinski definition) is 13. The van der Waals surface area contributed by atoms with Crippen molar-refractivity contribution in [2.45, 2.75) is 211 Å². The van der Waals surface area contributed by atoms with Crippen molar-refractivity contribution >= 4 is 11.9 Å². The van der Waals surface area contributed by atoms with E-state index < -0.39 is 103 Å². The lowest BCUT2D eigenvalue weighted by molar-refractivity contribution is -0.306. The molecule has 2 aliphatic rings. The second-order valence-corrected chi connectivity index (χ2v) is 16.5. The number of esters is 2. The molecular formula is C43H74N2O13. The average Bonchev–Trinajstić information content (AvgIpc) is 3.53. The van der Waals surface area contributed by atoms with Gasteiger partial charge in [-0.15, -0.1) is 0 Å². The summed E-state index contributed by atoms with van der Waals surface area (Å²) >= 11 is 0. The summed E-state index contributed by atoms with van der Waals surface area (Å²) in [7, 11) is 0. The second kappa shape index (κ2) is 27.2. The van der Waals surface area contributed by atoms with Gasteiger partial charge in [-0.2, -0.15) is 0 Å². The van der Waals surface area contributed by atoms with Crippen LogP contribution in [0.3, 0.4) is 0 Å². The zero-order chi connectivity index (χ0) is 42.5. The third kappa shape index (κ3) is 16.1. The van der Waals surface area contributed by atoms with Crippen LogP contribution in [0.5, 0.6) is 0 Å². The van der Waals surface area contributed by atoms with Gasteiger partial charge < -0.3 is 44.1 Å².